The van der Waals surface area contributed by atoms with Crippen LogP contribution in [0.2, 0.25) is 0 Å². The van der Waals surface area contributed by atoms with Gasteiger partial charge in [-0.05, 0) is 43.8 Å². The predicted octanol–water partition coefficient (Wildman–Crippen LogP) is 1.66. The first-order chi connectivity index (χ1) is 9.52. The Morgan fingerprint density at radius 3 is 3.05 bits per heavy atom. The third-order valence-corrected chi connectivity index (χ3v) is 3.46. The maximum atomic E-state index is 11.8. The molecule has 6 nitrogen and oxygen atoms in total. The van der Waals surface area contributed by atoms with Gasteiger partial charge in [-0.1, -0.05) is 6.92 Å². The van der Waals surface area contributed by atoms with E-state index in [1.165, 1.54) is 12.5 Å². The Kier molecular flexibility index (Phi) is 4.84. The van der Waals surface area contributed by atoms with Crippen molar-refractivity contribution in [2.75, 3.05) is 0 Å². The second-order valence-electron chi connectivity index (χ2n) is 5.20. The minimum atomic E-state index is -0.316. The number of nitrogens with zero attached hydrogens (tertiary/aromatic N) is 1. The van der Waals surface area contributed by atoms with Crippen LogP contribution in [-0.2, 0) is 11.2 Å². The summed E-state index contributed by atoms with van der Waals surface area (Å²) in [5.41, 5.74) is 3.75. The first-order valence-electron chi connectivity index (χ1n) is 6.69. The molecule has 0 bridgehead atoms. The van der Waals surface area contributed by atoms with Gasteiger partial charge in [0.15, 0.2) is 4.77 Å². The van der Waals surface area contributed by atoms with Crippen molar-refractivity contribution in [2.45, 2.75) is 39.0 Å². The molecule has 108 valence electrons. The van der Waals surface area contributed by atoms with Gasteiger partial charge >= 0.3 is 0 Å². The van der Waals surface area contributed by atoms with E-state index < -0.39 is 0 Å². The highest BCUT2D eigenvalue weighted by Gasteiger charge is 2.14. The van der Waals surface area contributed by atoms with Crippen LogP contribution in [0.1, 0.15) is 38.3 Å². The smallest absolute Gasteiger partial charge is 0.251 e. The van der Waals surface area contributed by atoms with Crippen LogP contribution in [0.4, 0.5) is 0 Å². The number of hydrazone groups is 1. The van der Waals surface area contributed by atoms with E-state index in [0.29, 0.717) is 11.6 Å². The topological polar surface area (TPSA) is 90.1 Å². The van der Waals surface area contributed by atoms with Crippen molar-refractivity contribution in [1.29, 1.82) is 0 Å². The van der Waals surface area contributed by atoms with E-state index in [4.69, 9.17) is 12.2 Å². The van der Waals surface area contributed by atoms with E-state index in [-0.39, 0.29) is 22.7 Å². The Hall–Kier alpha value is -1.76. The maximum absolute atomic E-state index is 11.8. The summed E-state index contributed by atoms with van der Waals surface area (Å²) in [5, 5.41) is 4.17. The number of aromatic nitrogens is 2. The molecule has 3 N–H and O–H groups in total. The Labute approximate surface area is 121 Å². The number of aromatic amines is 2. The monoisotopic (exact) mass is 294 g/mol. The highest BCUT2D eigenvalue weighted by atomic mass is 32.1. The number of hydrogen-bond acceptors (Lipinski definition) is 4. The molecule has 1 saturated carbocycles. The molecule has 20 heavy (non-hydrogen) atoms. The minimum Gasteiger partial charge on any atom is -0.335 e. The van der Waals surface area contributed by atoms with Gasteiger partial charge in [-0.15, -0.1) is 0 Å². The first kappa shape index (κ1) is 14.6. The summed E-state index contributed by atoms with van der Waals surface area (Å²) < 4.78 is 0.215. The number of nitrogens with one attached hydrogen (secondary N) is 3. The highest BCUT2D eigenvalue weighted by molar-refractivity contribution is 7.71. The van der Waals surface area contributed by atoms with Crippen molar-refractivity contribution in [3.63, 3.8) is 0 Å². The molecule has 1 amide bonds. The van der Waals surface area contributed by atoms with E-state index in [1.54, 1.807) is 0 Å². The standard InChI is InChI=1S/C13H18N4O2S/c1-8-3-2-4-9(5-8)16-17-12(19)7-10-6-11(18)15-13(20)14-10/h6,8H,2-5,7H2,1H3,(H,17,19)(H2,14,15,18,20)/b16-9-/t8-/m1/s1. The normalized spacial score (nSPS) is 20.9. The second-order valence-corrected chi connectivity index (χ2v) is 5.61. The van der Waals surface area contributed by atoms with Crippen molar-refractivity contribution in [2.24, 2.45) is 11.0 Å². The molecule has 0 radical (unpaired) electrons. The summed E-state index contributed by atoms with van der Waals surface area (Å²) in [6, 6.07) is 1.32. The van der Waals surface area contributed by atoms with Crippen molar-refractivity contribution < 1.29 is 4.79 Å². The Bertz CT molecular complexity index is 603. The fourth-order valence-corrected chi connectivity index (χ4v) is 2.56. The molecular weight excluding hydrogens is 276 g/mol. The summed E-state index contributed by atoms with van der Waals surface area (Å²) in [4.78, 5) is 28.2. The van der Waals surface area contributed by atoms with E-state index in [2.05, 4.69) is 27.4 Å². The zero-order chi connectivity index (χ0) is 14.5. The van der Waals surface area contributed by atoms with Gasteiger partial charge in [0.1, 0.15) is 0 Å². The average molecular weight is 294 g/mol. The van der Waals surface area contributed by atoms with E-state index in [0.717, 1.165) is 25.0 Å². The van der Waals surface area contributed by atoms with Gasteiger partial charge in [-0.2, -0.15) is 5.10 Å². The number of hydrogen-bond donors (Lipinski definition) is 3. The van der Waals surface area contributed by atoms with Gasteiger partial charge in [-0.25, -0.2) is 5.43 Å². The molecule has 1 aliphatic carbocycles. The van der Waals surface area contributed by atoms with Gasteiger partial charge in [0, 0.05) is 17.5 Å². The highest BCUT2D eigenvalue weighted by Crippen LogP contribution is 2.20. The molecule has 1 fully saturated rings. The molecule has 0 unspecified atom stereocenters. The van der Waals surface area contributed by atoms with E-state index >= 15 is 0 Å². The lowest BCUT2D eigenvalue weighted by Crippen LogP contribution is -2.24. The van der Waals surface area contributed by atoms with Gasteiger partial charge in [-0.3, -0.25) is 14.6 Å². The molecule has 0 spiro atoms. The van der Waals surface area contributed by atoms with Crippen molar-refractivity contribution in [3.8, 4) is 0 Å². The summed E-state index contributed by atoms with van der Waals surface area (Å²) >= 11 is 4.85. The summed E-state index contributed by atoms with van der Waals surface area (Å²) in [7, 11) is 0. The minimum absolute atomic E-state index is 0.0554. The molecule has 1 aliphatic rings. The van der Waals surface area contributed by atoms with Crippen LogP contribution in [0.25, 0.3) is 0 Å². The average Bonchev–Trinajstić information content (AvgIpc) is 2.35. The number of carbonyl (C=O) groups excluding carboxylic acids is 1. The number of H-pyrrole nitrogens is 2. The summed E-state index contributed by atoms with van der Waals surface area (Å²) in [6.45, 7) is 2.19. The molecule has 0 aromatic carbocycles. The fraction of sp³-hybridized carbons (Fsp3) is 0.538. The number of rotatable bonds is 3. The van der Waals surface area contributed by atoms with Crippen molar-refractivity contribution in [1.82, 2.24) is 15.4 Å². The van der Waals surface area contributed by atoms with Crippen LogP contribution >= 0.6 is 12.2 Å². The quantitative estimate of drug-likeness (QED) is 0.585. The summed E-state index contributed by atoms with van der Waals surface area (Å²) in [6.07, 6.45) is 4.28. The zero-order valence-electron chi connectivity index (χ0n) is 11.4. The number of carbonyl (C=O) groups is 1. The second kappa shape index (κ2) is 6.60. The SMILES string of the molecule is C[C@@H]1CCC/C(=N/NC(=O)Cc2cc(=O)[nH]c(=S)[nH]2)C1. The summed E-state index contributed by atoms with van der Waals surface area (Å²) in [5.74, 6) is 0.371. The van der Waals surface area contributed by atoms with Crippen LogP contribution in [0.5, 0.6) is 0 Å². The van der Waals surface area contributed by atoms with Crippen LogP contribution in [0, 0.1) is 10.7 Å². The zero-order valence-corrected chi connectivity index (χ0v) is 12.2. The maximum Gasteiger partial charge on any atom is 0.251 e. The molecule has 0 aliphatic heterocycles. The van der Waals surface area contributed by atoms with Crippen molar-refractivity contribution >= 4 is 23.8 Å². The number of amides is 1. The molecule has 0 saturated heterocycles. The van der Waals surface area contributed by atoms with Crippen LogP contribution in [-0.4, -0.2) is 21.6 Å². The molecule has 7 heteroatoms. The molecule has 1 aromatic rings. The third kappa shape index (κ3) is 4.41. The van der Waals surface area contributed by atoms with Crippen molar-refractivity contribution in [3.05, 3.63) is 26.9 Å². The van der Waals surface area contributed by atoms with Crippen LogP contribution in [0.15, 0.2) is 16.0 Å². The van der Waals surface area contributed by atoms with Gasteiger partial charge < -0.3 is 4.98 Å². The third-order valence-electron chi connectivity index (χ3n) is 3.25. The van der Waals surface area contributed by atoms with E-state index in [1.807, 2.05) is 0 Å². The first-order valence-corrected chi connectivity index (χ1v) is 7.10. The van der Waals surface area contributed by atoms with Gasteiger partial charge in [0.2, 0.25) is 5.91 Å². The lowest BCUT2D eigenvalue weighted by atomic mass is 9.89. The Balaban J connectivity index is 1.94. The molecular formula is C13H18N4O2S. The van der Waals surface area contributed by atoms with E-state index in [9.17, 15) is 9.59 Å². The Morgan fingerprint density at radius 2 is 2.35 bits per heavy atom. The molecule has 2 rings (SSSR count). The van der Waals surface area contributed by atoms with Crippen LogP contribution < -0.4 is 11.0 Å². The van der Waals surface area contributed by atoms with Gasteiger partial charge in [0.25, 0.3) is 5.56 Å². The Morgan fingerprint density at radius 1 is 1.55 bits per heavy atom. The predicted molar refractivity (Wildman–Crippen MR) is 79.2 cm³/mol. The largest absolute Gasteiger partial charge is 0.335 e. The lowest BCUT2D eigenvalue weighted by molar-refractivity contribution is -0.120. The fourth-order valence-electron chi connectivity index (χ4n) is 2.33. The molecule has 1 atom stereocenters. The molecule has 1 aromatic heterocycles. The molecule has 1 heterocycles. The van der Waals surface area contributed by atoms with Crippen LogP contribution in [0.3, 0.4) is 0 Å². The van der Waals surface area contributed by atoms with Gasteiger partial charge in [0.05, 0.1) is 6.42 Å². The lowest BCUT2D eigenvalue weighted by Gasteiger charge is -2.18.